The van der Waals surface area contributed by atoms with E-state index in [1.165, 1.54) is 21.3 Å². The van der Waals surface area contributed by atoms with Gasteiger partial charge in [0.25, 0.3) is 5.91 Å². The van der Waals surface area contributed by atoms with Crippen LogP contribution in [0.1, 0.15) is 10.4 Å². The second-order valence-corrected chi connectivity index (χ2v) is 6.18. The Kier molecular flexibility index (Phi) is 5.59. The molecule has 0 aromatic heterocycles. The number of phenolic OH excluding ortho intramolecular Hbond substituents is 1. The number of ether oxygens (including phenoxy) is 3. The van der Waals surface area contributed by atoms with Crippen LogP contribution in [0, 0.1) is 0 Å². The van der Waals surface area contributed by atoms with E-state index in [4.69, 9.17) is 14.2 Å². The van der Waals surface area contributed by atoms with Gasteiger partial charge >= 0.3 is 0 Å². The molecule has 0 radical (unpaired) electrons. The average Bonchev–Trinajstić information content (AvgIpc) is 2.72. The second-order valence-electron chi connectivity index (χ2n) is 6.18. The molecule has 144 valence electrons. The molecule has 7 heteroatoms. The molecule has 1 N–H and O–H groups in total. The van der Waals surface area contributed by atoms with Crippen molar-refractivity contribution < 1.29 is 24.1 Å². The van der Waals surface area contributed by atoms with Crippen molar-refractivity contribution >= 4 is 11.6 Å². The van der Waals surface area contributed by atoms with Crippen LogP contribution < -0.4 is 19.1 Å². The Balaban J connectivity index is 1.75. The molecule has 1 fully saturated rings. The summed E-state index contributed by atoms with van der Waals surface area (Å²) in [5, 5.41) is 10.0. The molecule has 1 heterocycles. The zero-order valence-corrected chi connectivity index (χ0v) is 15.8. The molecular weight excluding hydrogens is 348 g/mol. The molecule has 0 bridgehead atoms. The van der Waals surface area contributed by atoms with E-state index in [1.54, 1.807) is 29.2 Å². The molecule has 27 heavy (non-hydrogen) atoms. The second kappa shape index (κ2) is 8.07. The van der Waals surface area contributed by atoms with Crippen LogP contribution in [-0.2, 0) is 0 Å². The van der Waals surface area contributed by atoms with Gasteiger partial charge in [-0.05, 0) is 24.3 Å². The topological polar surface area (TPSA) is 71.5 Å². The minimum atomic E-state index is -0.0915. The number of benzene rings is 2. The number of anilines is 1. The predicted octanol–water partition coefficient (Wildman–Crippen LogP) is 2.38. The smallest absolute Gasteiger partial charge is 0.254 e. The molecular formula is C20H24N2O5. The number of carbonyl (C=O) groups excluding carboxylic acids is 1. The highest BCUT2D eigenvalue weighted by Gasteiger charge is 2.25. The van der Waals surface area contributed by atoms with Gasteiger partial charge in [0, 0.05) is 31.7 Å². The average molecular weight is 372 g/mol. The summed E-state index contributed by atoms with van der Waals surface area (Å²) < 4.78 is 16.0. The monoisotopic (exact) mass is 372 g/mol. The zero-order chi connectivity index (χ0) is 19.4. The Hall–Kier alpha value is -3.09. The molecule has 0 unspecified atom stereocenters. The molecule has 1 amide bonds. The van der Waals surface area contributed by atoms with E-state index in [9.17, 15) is 9.90 Å². The molecule has 0 aliphatic carbocycles. The minimum Gasteiger partial charge on any atom is -0.506 e. The number of hydrogen-bond acceptors (Lipinski definition) is 6. The molecule has 7 nitrogen and oxygen atoms in total. The van der Waals surface area contributed by atoms with Gasteiger partial charge in [-0.2, -0.15) is 0 Å². The van der Waals surface area contributed by atoms with E-state index >= 15 is 0 Å². The molecule has 1 saturated heterocycles. The van der Waals surface area contributed by atoms with Gasteiger partial charge in [-0.15, -0.1) is 0 Å². The lowest BCUT2D eigenvalue weighted by molar-refractivity contribution is 0.0746. The summed E-state index contributed by atoms with van der Waals surface area (Å²) in [6.07, 6.45) is 0. The number of phenols is 1. The first kappa shape index (κ1) is 18.7. The van der Waals surface area contributed by atoms with E-state index in [2.05, 4.69) is 4.90 Å². The summed E-state index contributed by atoms with van der Waals surface area (Å²) in [6.45, 7) is 2.41. The number of para-hydroxylation sites is 2. The summed E-state index contributed by atoms with van der Waals surface area (Å²) in [4.78, 5) is 16.8. The van der Waals surface area contributed by atoms with Gasteiger partial charge in [0.1, 0.15) is 5.75 Å². The van der Waals surface area contributed by atoms with Crippen molar-refractivity contribution in [3.63, 3.8) is 0 Å². The third-order valence-electron chi connectivity index (χ3n) is 4.70. The molecule has 1 aliphatic heterocycles. The fourth-order valence-electron chi connectivity index (χ4n) is 3.27. The van der Waals surface area contributed by atoms with Crippen molar-refractivity contribution in [3.8, 4) is 23.0 Å². The number of nitrogens with zero attached hydrogens (tertiary/aromatic N) is 2. The summed E-state index contributed by atoms with van der Waals surface area (Å²) in [7, 11) is 4.58. The van der Waals surface area contributed by atoms with Gasteiger partial charge in [-0.25, -0.2) is 0 Å². The molecule has 1 aliphatic rings. The van der Waals surface area contributed by atoms with Crippen molar-refractivity contribution in [2.24, 2.45) is 0 Å². The lowest BCUT2D eigenvalue weighted by Crippen LogP contribution is -2.48. The number of rotatable bonds is 5. The van der Waals surface area contributed by atoms with Gasteiger partial charge in [0.05, 0.1) is 27.0 Å². The number of methoxy groups -OCH3 is 3. The first-order valence-electron chi connectivity index (χ1n) is 8.71. The number of hydrogen-bond donors (Lipinski definition) is 1. The number of carbonyl (C=O) groups is 1. The fraction of sp³-hybridized carbons (Fsp3) is 0.350. The SMILES string of the molecule is COc1cc(C(=O)N2CCN(c3ccccc3O)CC2)cc(OC)c1OC. The minimum absolute atomic E-state index is 0.0915. The maximum Gasteiger partial charge on any atom is 0.254 e. The van der Waals surface area contributed by atoms with Crippen molar-refractivity contribution in [2.45, 2.75) is 0 Å². The standard InChI is InChI=1S/C20H24N2O5/c1-25-17-12-14(13-18(26-2)19(17)27-3)20(24)22-10-8-21(9-11-22)15-6-4-5-7-16(15)23/h4-7,12-13,23H,8-11H2,1-3H3. The Morgan fingerprint density at radius 3 is 2.04 bits per heavy atom. The lowest BCUT2D eigenvalue weighted by atomic mass is 10.1. The Labute approximate surface area is 158 Å². The van der Waals surface area contributed by atoms with E-state index in [0.29, 0.717) is 49.0 Å². The van der Waals surface area contributed by atoms with E-state index in [0.717, 1.165) is 5.69 Å². The molecule has 0 saturated carbocycles. The molecule has 2 aromatic carbocycles. The van der Waals surface area contributed by atoms with Crippen molar-refractivity contribution in [3.05, 3.63) is 42.0 Å². The maximum absolute atomic E-state index is 13.0. The van der Waals surface area contributed by atoms with Gasteiger partial charge in [0.15, 0.2) is 11.5 Å². The third-order valence-corrected chi connectivity index (χ3v) is 4.70. The highest BCUT2D eigenvalue weighted by atomic mass is 16.5. The van der Waals surface area contributed by atoms with E-state index in [1.807, 2.05) is 12.1 Å². The highest BCUT2D eigenvalue weighted by Crippen LogP contribution is 2.38. The third kappa shape index (κ3) is 3.72. The lowest BCUT2D eigenvalue weighted by Gasteiger charge is -2.36. The summed E-state index contributed by atoms with van der Waals surface area (Å²) >= 11 is 0. The molecule has 3 rings (SSSR count). The Bertz CT molecular complexity index is 791. The molecule has 0 spiro atoms. The molecule has 0 atom stereocenters. The largest absolute Gasteiger partial charge is 0.506 e. The van der Waals surface area contributed by atoms with Crippen LogP contribution in [0.15, 0.2) is 36.4 Å². The fourth-order valence-corrected chi connectivity index (χ4v) is 3.27. The van der Waals surface area contributed by atoms with Crippen LogP contribution >= 0.6 is 0 Å². The van der Waals surface area contributed by atoms with Gasteiger partial charge in [-0.3, -0.25) is 4.79 Å². The van der Waals surface area contributed by atoms with Crippen LogP contribution in [0.25, 0.3) is 0 Å². The van der Waals surface area contributed by atoms with Crippen LogP contribution in [0.3, 0.4) is 0 Å². The number of piperazine rings is 1. The number of aromatic hydroxyl groups is 1. The first-order valence-corrected chi connectivity index (χ1v) is 8.71. The summed E-state index contributed by atoms with van der Waals surface area (Å²) in [5.41, 5.74) is 1.28. The highest BCUT2D eigenvalue weighted by molar-refractivity contribution is 5.96. The van der Waals surface area contributed by atoms with Gasteiger partial charge < -0.3 is 29.1 Å². The number of amides is 1. The van der Waals surface area contributed by atoms with Crippen LogP contribution in [0.5, 0.6) is 23.0 Å². The Morgan fingerprint density at radius 1 is 0.926 bits per heavy atom. The van der Waals surface area contributed by atoms with Crippen molar-refractivity contribution in [2.75, 3.05) is 52.4 Å². The van der Waals surface area contributed by atoms with Crippen molar-refractivity contribution in [1.82, 2.24) is 4.90 Å². The van der Waals surface area contributed by atoms with E-state index < -0.39 is 0 Å². The normalized spacial score (nSPS) is 14.0. The van der Waals surface area contributed by atoms with Gasteiger partial charge in [0.2, 0.25) is 5.75 Å². The van der Waals surface area contributed by atoms with E-state index in [-0.39, 0.29) is 11.7 Å². The maximum atomic E-state index is 13.0. The quantitative estimate of drug-likeness (QED) is 0.869. The van der Waals surface area contributed by atoms with Crippen LogP contribution in [0.2, 0.25) is 0 Å². The van der Waals surface area contributed by atoms with Crippen LogP contribution in [0.4, 0.5) is 5.69 Å². The predicted molar refractivity (Wildman–Crippen MR) is 102 cm³/mol. The van der Waals surface area contributed by atoms with Gasteiger partial charge in [-0.1, -0.05) is 12.1 Å². The summed E-state index contributed by atoms with van der Waals surface area (Å²) in [5.74, 6) is 1.52. The summed E-state index contributed by atoms with van der Waals surface area (Å²) in [6, 6.07) is 10.6. The molecule has 2 aromatic rings. The first-order chi connectivity index (χ1) is 13.1. The van der Waals surface area contributed by atoms with Crippen LogP contribution in [-0.4, -0.2) is 63.4 Å². The zero-order valence-electron chi connectivity index (χ0n) is 15.8. The van der Waals surface area contributed by atoms with Crippen molar-refractivity contribution in [1.29, 1.82) is 0 Å². The Morgan fingerprint density at radius 2 is 1.52 bits per heavy atom.